The second kappa shape index (κ2) is 5.50. The van der Waals surface area contributed by atoms with Crippen LogP contribution in [0.15, 0.2) is 18.2 Å². The van der Waals surface area contributed by atoms with Gasteiger partial charge in [0.1, 0.15) is 0 Å². The van der Waals surface area contributed by atoms with Gasteiger partial charge in [0, 0.05) is 5.02 Å². The monoisotopic (exact) mass is 286 g/mol. The number of aliphatic carboxylic acids is 1. The zero-order valence-corrected chi connectivity index (χ0v) is 11.6. The molecule has 0 aliphatic heterocycles. The van der Waals surface area contributed by atoms with Crippen LogP contribution in [0.3, 0.4) is 0 Å². The smallest absolute Gasteiger partial charge is 0.307 e. The molecule has 1 fully saturated rings. The number of carbonyl (C=O) groups is 1. The number of hydrogen-bond donors (Lipinski definition) is 1. The fourth-order valence-electron chi connectivity index (χ4n) is 2.59. The van der Waals surface area contributed by atoms with Crippen molar-refractivity contribution in [2.45, 2.75) is 43.4 Å². The first-order valence-electron chi connectivity index (χ1n) is 6.21. The Hall–Kier alpha value is -0.730. The van der Waals surface area contributed by atoms with E-state index in [2.05, 4.69) is 0 Å². The lowest BCUT2D eigenvalue weighted by Gasteiger charge is -2.32. The van der Waals surface area contributed by atoms with Gasteiger partial charge in [0.25, 0.3) is 0 Å². The van der Waals surface area contributed by atoms with E-state index < -0.39 is 5.97 Å². The minimum atomic E-state index is -0.850. The minimum Gasteiger partial charge on any atom is -0.481 e. The molecule has 1 aromatic carbocycles. The molecule has 0 amide bonds. The molecule has 1 saturated carbocycles. The number of hydrogen-bond acceptors (Lipinski definition) is 1. The van der Waals surface area contributed by atoms with E-state index in [-0.39, 0.29) is 11.3 Å². The number of alkyl halides is 1. The summed E-state index contributed by atoms with van der Waals surface area (Å²) in [7, 11) is 0. The maximum Gasteiger partial charge on any atom is 0.307 e. The van der Waals surface area contributed by atoms with Gasteiger partial charge < -0.3 is 5.11 Å². The maximum absolute atomic E-state index is 10.7. The lowest BCUT2D eigenvalue weighted by Crippen LogP contribution is -2.22. The minimum absolute atomic E-state index is 0.00468. The van der Waals surface area contributed by atoms with E-state index in [9.17, 15) is 4.79 Å². The summed E-state index contributed by atoms with van der Waals surface area (Å²) >= 11 is 12.9. The van der Waals surface area contributed by atoms with E-state index in [0.29, 0.717) is 10.6 Å². The summed E-state index contributed by atoms with van der Waals surface area (Å²) in [5.41, 5.74) is 1.66. The molecule has 1 N–H and O–H groups in total. The van der Waals surface area contributed by atoms with Crippen molar-refractivity contribution in [1.82, 2.24) is 0 Å². The van der Waals surface area contributed by atoms with Gasteiger partial charge in [-0.3, -0.25) is 4.79 Å². The van der Waals surface area contributed by atoms with E-state index in [4.69, 9.17) is 28.3 Å². The third-order valence-electron chi connectivity index (χ3n) is 3.52. The molecule has 98 valence electrons. The highest BCUT2D eigenvalue weighted by Gasteiger charge is 2.33. The third kappa shape index (κ3) is 2.99. The second-order valence-electron chi connectivity index (χ2n) is 4.91. The van der Waals surface area contributed by atoms with Gasteiger partial charge in [-0.2, -0.15) is 0 Å². The number of benzene rings is 1. The van der Waals surface area contributed by atoms with Crippen LogP contribution < -0.4 is 0 Å². The van der Waals surface area contributed by atoms with Crippen molar-refractivity contribution in [1.29, 1.82) is 0 Å². The molecule has 0 radical (unpaired) electrons. The lowest BCUT2D eigenvalue weighted by molar-refractivity contribution is -0.136. The number of carboxylic acids is 1. The van der Waals surface area contributed by atoms with Crippen molar-refractivity contribution in [2.75, 3.05) is 0 Å². The Morgan fingerprint density at radius 1 is 1.28 bits per heavy atom. The first-order valence-corrected chi connectivity index (χ1v) is 6.96. The van der Waals surface area contributed by atoms with Crippen molar-refractivity contribution in [3.8, 4) is 0 Å². The first kappa shape index (κ1) is 13.7. The van der Waals surface area contributed by atoms with Crippen molar-refractivity contribution in [2.24, 2.45) is 0 Å². The Labute approximate surface area is 117 Å². The highest BCUT2D eigenvalue weighted by Crippen LogP contribution is 2.45. The van der Waals surface area contributed by atoms with Gasteiger partial charge in [-0.05, 0) is 30.0 Å². The zero-order chi connectivity index (χ0) is 13.2. The molecular weight excluding hydrogens is 271 g/mol. The van der Waals surface area contributed by atoms with Crippen molar-refractivity contribution >= 4 is 29.2 Å². The first-order chi connectivity index (χ1) is 8.51. The summed E-state index contributed by atoms with van der Waals surface area (Å²) in [6.07, 6.45) is 5.34. The normalized spacial score (nSPS) is 18.6. The molecule has 4 heteroatoms. The molecule has 0 bridgehead atoms. The Balaban J connectivity index is 2.26. The molecule has 0 saturated heterocycles. The summed E-state index contributed by atoms with van der Waals surface area (Å²) in [6.45, 7) is 0. The molecular formula is C14H16Cl2O2. The molecule has 0 aromatic heterocycles. The van der Waals surface area contributed by atoms with Crippen molar-refractivity contribution < 1.29 is 9.90 Å². The highest BCUT2D eigenvalue weighted by atomic mass is 35.5. The number of carboxylic acid groups (broad SMARTS) is 1. The topological polar surface area (TPSA) is 37.3 Å². The van der Waals surface area contributed by atoms with E-state index in [1.54, 1.807) is 6.07 Å². The standard InChI is InChI=1S/C14H16Cl2O2/c15-12-8-10(9-13(17)18)4-5-11(12)14(16)6-2-1-3-7-14/h4-5,8H,1-3,6-7,9H2,(H,17,18). The van der Waals surface area contributed by atoms with E-state index in [0.717, 1.165) is 31.2 Å². The summed E-state index contributed by atoms with van der Waals surface area (Å²) in [5, 5.41) is 9.35. The van der Waals surface area contributed by atoms with Crippen LogP contribution in [0.4, 0.5) is 0 Å². The van der Waals surface area contributed by atoms with Crippen molar-refractivity contribution in [3.05, 3.63) is 34.3 Å². The van der Waals surface area contributed by atoms with Gasteiger partial charge >= 0.3 is 5.97 Å². The van der Waals surface area contributed by atoms with Crippen LogP contribution in [0.5, 0.6) is 0 Å². The van der Waals surface area contributed by atoms with Gasteiger partial charge in [0.05, 0.1) is 11.3 Å². The van der Waals surface area contributed by atoms with Gasteiger partial charge in [-0.25, -0.2) is 0 Å². The molecule has 2 nitrogen and oxygen atoms in total. The predicted molar refractivity (Wildman–Crippen MR) is 73.4 cm³/mol. The van der Waals surface area contributed by atoms with Crippen LogP contribution in [0, 0.1) is 0 Å². The number of rotatable bonds is 3. The zero-order valence-electron chi connectivity index (χ0n) is 10.1. The van der Waals surface area contributed by atoms with Crippen LogP contribution >= 0.6 is 23.2 Å². The largest absolute Gasteiger partial charge is 0.481 e. The van der Waals surface area contributed by atoms with E-state index >= 15 is 0 Å². The molecule has 1 aromatic rings. The molecule has 1 aliphatic carbocycles. The fourth-order valence-corrected chi connectivity index (χ4v) is 3.45. The Morgan fingerprint density at radius 3 is 2.50 bits per heavy atom. The third-order valence-corrected chi connectivity index (χ3v) is 4.41. The summed E-state index contributed by atoms with van der Waals surface area (Å²) in [4.78, 5) is 10.3. The van der Waals surface area contributed by atoms with E-state index in [1.807, 2.05) is 12.1 Å². The van der Waals surface area contributed by atoms with Crippen LogP contribution in [-0.2, 0) is 16.1 Å². The fraction of sp³-hybridized carbons (Fsp3) is 0.500. The average Bonchev–Trinajstić information content (AvgIpc) is 2.28. The van der Waals surface area contributed by atoms with Crippen molar-refractivity contribution in [3.63, 3.8) is 0 Å². The summed E-state index contributed by atoms with van der Waals surface area (Å²) < 4.78 is 0. The quantitative estimate of drug-likeness (QED) is 0.838. The molecule has 0 atom stereocenters. The lowest BCUT2D eigenvalue weighted by atomic mass is 9.83. The molecule has 1 aliphatic rings. The maximum atomic E-state index is 10.7. The SMILES string of the molecule is O=C(O)Cc1ccc(C2(Cl)CCCCC2)c(Cl)c1. The highest BCUT2D eigenvalue weighted by molar-refractivity contribution is 6.33. The molecule has 2 rings (SSSR count). The van der Waals surface area contributed by atoms with Crippen LogP contribution in [0.1, 0.15) is 43.2 Å². The van der Waals surface area contributed by atoms with Gasteiger partial charge in [0.2, 0.25) is 0 Å². The molecule has 0 spiro atoms. The molecule has 18 heavy (non-hydrogen) atoms. The second-order valence-corrected chi connectivity index (χ2v) is 6.04. The number of halogens is 2. The Bertz CT molecular complexity index is 451. The van der Waals surface area contributed by atoms with Gasteiger partial charge in [-0.1, -0.05) is 43.0 Å². The Kier molecular flexibility index (Phi) is 4.18. The van der Waals surface area contributed by atoms with Crippen LogP contribution in [0.2, 0.25) is 5.02 Å². The Morgan fingerprint density at radius 2 is 1.94 bits per heavy atom. The molecule has 0 unspecified atom stereocenters. The van der Waals surface area contributed by atoms with Gasteiger partial charge in [0.15, 0.2) is 0 Å². The predicted octanol–water partition coefficient (Wildman–Crippen LogP) is 4.37. The summed E-state index contributed by atoms with van der Waals surface area (Å²) in [6, 6.07) is 5.43. The molecule has 0 heterocycles. The van der Waals surface area contributed by atoms with Crippen LogP contribution in [-0.4, -0.2) is 11.1 Å². The van der Waals surface area contributed by atoms with E-state index in [1.165, 1.54) is 6.42 Å². The van der Waals surface area contributed by atoms with Crippen LogP contribution in [0.25, 0.3) is 0 Å². The average molecular weight is 287 g/mol. The van der Waals surface area contributed by atoms with Gasteiger partial charge in [-0.15, -0.1) is 11.6 Å². The summed E-state index contributed by atoms with van der Waals surface area (Å²) in [5.74, 6) is -0.850.